The summed E-state index contributed by atoms with van der Waals surface area (Å²) in [6.07, 6.45) is 0. The molecule has 0 fully saturated rings. The molecule has 0 saturated carbocycles. The Morgan fingerprint density at radius 1 is 1.05 bits per heavy atom. The van der Waals surface area contributed by atoms with Crippen molar-refractivity contribution in [3.8, 4) is 22.6 Å². The molecule has 5 nitrogen and oxygen atoms in total. The molecule has 0 aliphatic heterocycles. The first-order valence-corrected chi connectivity index (χ1v) is 8.40. The maximum absolute atomic E-state index is 12.4. The largest absolute Gasteiger partial charge is 0.493 e. The van der Waals surface area contributed by atoms with E-state index < -0.39 is 7.60 Å². The normalized spacial score (nSPS) is 13.5. The van der Waals surface area contributed by atoms with Gasteiger partial charge < -0.3 is 18.9 Å². The Bertz CT molecular complexity index is 699. The fraction of sp³-hybridized carbons (Fsp3) is 0.250. The first-order chi connectivity index (χ1) is 10.5. The van der Waals surface area contributed by atoms with Crippen LogP contribution in [0.3, 0.4) is 0 Å². The summed E-state index contributed by atoms with van der Waals surface area (Å²) in [5, 5.41) is 0.268. The van der Waals surface area contributed by atoms with Crippen molar-refractivity contribution >= 4 is 12.9 Å². The van der Waals surface area contributed by atoms with Crippen molar-refractivity contribution < 1.29 is 23.5 Å². The second kappa shape index (κ2) is 6.97. The van der Waals surface area contributed by atoms with Gasteiger partial charge in [0.05, 0.1) is 26.1 Å². The molecule has 2 rings (SSSR count). The minimum atomic E-state index is -3.86. The van der Waals surface area contributed by atoms with Crippen LogP contribution in [0, 0.1) is 0 Å². The number of methoxy groups -OCH3 is 2. The number of rotatable bonds is 6. The molecule has 6 heteroatoms. The monoisotopic (exact) mass is 322 g/mol. The lowest BCUT2D eigenvalue weighted by Gasteiger charge is -2.16. The predicted molar refractivity (Wildman–Crippen MR) is 86.1 cm³/mol. The highest BCUT2D eigenvalue weighted by atomic mass is 31.2. The van der Waals surface area contributed by atoms with Crippen LogP contribution in [0.15, 0.2) is 42.5 Å². The molecule has 1 N–H and O–H groups in total. The molecule has 118 valence electrons. The molecular formula is C16H19O5P. The van der Waals surface area contributed by atoms with Crippen LogP contribution in [0.25, 0.3) is 11.1 Å². The zero-order valence-corrected chi connectivity index (χ0v) is 13.7. The maximum Gasteiger partial charge on any atom is 0.359 e. The Morgan fingerprint density at radius 3 is 2.36 bits per heavy atom. The summed E-state index contributed by atoms with van der Waals surface area (Å²) in [6, 6.07) is 12.2. The third-order valence-electron chi connectivity index (χ3n) is 3.21. The van der Waals surface area contributed by atoms with Gasteiger partial charge in [-0.25, -0.2) is 0 Å². The molecule has 0 heterocycles. The highest BCUT2D eigenvalue weighted by Gasteiger charge is 2.26. The third kappa shape index (κ3) is 3.33. The standard InChI is InChI=1S/C16H19O5P/c1-4-21-22(17,18)16-8-6-5-7-13(16)12-9-10-14(19-2)15(11-12)20-3/h5-11H,4H2,1-3H3,(H,17,18). The summed E-state index contributed by atoms with van der Waals surface area (Å²) in [5.41, 5.74) is 1.38. The SMILES string of the molecule is CCOP(=O)(O)c1ccccc1-c1ccc(OC)c(OC)c1. The second-order valence-corrected chi connectivity index (χ2v) is 6.31. The number of ether oxygens (including phenoxy) is 2. The Labute approximate surface area is 130 Å². The van der Waals surface area contributed by atoms with Crippen LogP contribution in [0.1, 0.15) is 6.92 Å². The molecule has 0 aliphatic rings. The van der Waals surface area contributed by atoms with Gasteiger partial charge in [-0.3, -0.25) is 4.57 Å². The summed E-state index contributed by atoms with van der Waals surface area (Å²) < 4.78 is 27.9. The van der Waals surface area contributed by atoms with Gasteiger partial charge in [-0.2, -0.15) is 0 Å². The predicted octanol–water partition coefficient (Wildman–Crippen LogP) is 3.22. The van der Waals surface area contributed by atoms with E-state index in [1.165, 1.54) is 0 Å². The van der Waals surface area contributed by atoms with Gasteiger partial charge in [-0.15, -0.1) is 0 Å². The number of benzene rings is 2. The van der Waals surface area contributed by atoms with Crippen LogP contribution >= 0.6 is 7.60 Å². The van der Waals surface area contributed by atoms with E-state index in [2.05, 4.69) is 0 Å². The molecule has 0 amide bonds. The number of hydrogen-bond donors (Lipinski definition) is 1. The molecule has 1 unspecified atom stereocenters. The summed E-state index contributed by atoms with van der Waals surface area (Å²) in [4.78, 5) is 10.1. The lowest BCUT2D eigenvalue weighted by atomic mass is 10.1. The average Bonchev–Trinajstić information content (AvgIpc) is 2.54. The van der Waals surface area contributed by atoms with E-state index in [4.69, 9.17) is 14.0 Å². The average molecular weight is 322 g/mol. The van der Waals surface area contributed by atoms with Gasteiger partial charge in [-0.1, -0.05) is 24.3 Å². The second-order valence-electron chi connectivity index (χ2n) is 4.53. The van der Waals surface area contributed by atoms with Gasteiger partial charge in [0.1, 0.15) is 0 Å². The molecular weight excluding hydrogens is 303 g/mol. The zero-order valence-electron chi connectivity index (χ0n) is 12.8. The van der Waals surface area contributed by atoms with Gasteiger partial charge in [0, 0.05) is 0 Å². The van der Waals surface area contributed by atoms with Gasteiger partial charge in [0.25, 0.3) is 0 Å². The minimum Gasteiger partial charge on any atom is -0.493 e. The Hall–Kier alpha value is -1.81. The Morgan fingerprint density at radius 2 is 1.73 bits per heavy atom. The highest BCUT2D eigenvalue weighted by molar-refractivity contribution is 7.61. The van der Waals surface area contributed by atoms with Crippen molar-refractivity contribution in [3.63, 3.8) is 0 Å². The molecule has 0 saturated heterocycles. The fourth-order valence-corrected chi connectivity index (χ4v) is 3.48. The molecule has 0 aliphatic carbocycles. The lowest BCUT2D eigenvalue weighted by Crippen LogP contribution is -2.10. The molecule has 1 atom stereocenters. The van der Waals surface area contributed by atoms with Gasteiger partial charge in [0.15, 0.2) is 11.5 Å². The van der Waals surface area contributed by atoms with E-state index in [1.807, 2.05) is 12.1 Å². The van der Waals surface area contributed by atoms with Crippen molar-refractivity contribution in [2.45, 2.75) is 6.92 Å². The van der Waals surface area contributed by atoms with Gasteiger partial charge >= 0.3 is 7.60 Å². The molecule has 2 aromatic rings. The quantitative estimate of drug-likeness (QED) is 0.827. The van der Waals surface area contributed by atoms with E-state index in [9.17, 15) is 9.46 Å². The molecule has 2 aromatic carbocycles. The molecule has 22 heavy (non-hydrogen) atoms. The summed E-state index contributed by atoms with van der Waals surface area (Å²) in [7, 11) is -0.758. The molecule has 0 radical (unpaired) electrons. The van der Waals surface area contributed by atoms with Crippen LogP contribution in [0.2, 0.25) is 0 Å². The first-order valence-electron chi connectivity index (χ1n) is 6.82. The van der Waals surface area contributed by atoms with E-state index >= 15 is 0 Å². The summed E-state index contributed by atoms with van der Waals surface area (Å²) in [5.74, 6) is 1.15. The van der Waals surface area contributed by atoms with Crippen molar-refractivity contribution in [1.82, 2.24) is 0 Å². The lowest BCUT2D eigenvalue weighted by molar-refractivity contribution is 0.284. The zero-order chi connectivity index (χ0) is 16.2. The Kier molecular flexibility index (Phi) is 5.24. The van der Waals surface area contributed by atoms with Crippen LogP contribution in [-0.4, -0.2) is 25.7 Å². The smallest absolute Gasteiger partial charge is 0.359 e. The molecule has 0 bridgehead atoms. The van der Waals surface area contributed by atoms with Crippen molar-refractivity contribution in [3.05, 3.63) is 42.5 Å². The summed E-state index contributed by atoms with van der Waals surface area (Å²) >= 11 is 0. The Balaban J connectivity index is 2.57. The van der Waals surface area contributed by atoms with Crippen LogP contribution in [0.5, 0.6) is 11.5 Å². The van der Waals surface area contributed by atoms with Crippen molar-refractivity contribution in [2.24, 2.45) is 0 Å². The van der Waals surface area contributed by atoms with Gasteiger partial charge in [0.2, 0.25) is 0 Å². The first kappa shape index (κ1) is 16.6. The highest BCUT2D eigenvalue weighted by Crippen LogP contribution is 2.44. The van der Waals surface area contributed by atoms with E-state index in [1.54, 1.807) is 51.5 Å². The van der Waals surface area contributed by atoms with Crippen molar-refractivity contribution in [2.75, 3.05) is 20.8 Å². The van der Waals surface area contributed by atoms with Crippen LogP contribution in [0.4, 0.5) is 0 Å². The minimum absolute atomic E-state index is 0.161. The van der Waals surface area contributed by atoms with Gasteiger partial charge in [-0.05, 0) is 36.2 Å². The topological polar surface area (TPSA) is 65.0 Å². The van der Waals surface area contributed by atoms with Crippen LogP contribution in [-0.2, 0) is 9.09 Å². The molecule has 0 spiro atoms. The number of hydrogen-bond acceptors (Lipinski definition) is 4. The maximum atomic E-state index is 12.4. The third-order valence-corrected chi connectivity index (χ3v) is 4.81. The van der Waals surface area contributed by atoms with E-state index in [-0.39, 0.29) is 11.9 Å². The summed E-state index contributed by atoms with van der Waals surface area (Å²) in [6.45, 7) is 1.84. The van der Waals surface area contributed by atoms with Crippen molar-refractivity contribution in [1.29, 1.82) is 0 Å². The van der Waals surface area contributed by atoms with Crippen LogP contribution < -0.4 is 14.8 Å². The van der Waals surface area contributed by atoms with E-state index in [0.29, 0.717) is 17.1 Å². The fourth-order valence-electron chi connectivity index (χ4n) is 2.21. The van der Waals surface area contributed by atoms with E-state index in [0.717, 1.165) is 5.56 Å². The molecule has 0 aromatic heterocycles.